The molecule has 1 fully saturated rings. The summed E-state index contributed by atoms with van der Waals surface area (Å²) in [6.07, 6.45) is 7.39. The van der Waals surface area contributed by atoms with Crippen molar-refractivity contribution in [2.75, 3.05) is 13.2 Å². The predicted molar refractivity (Wildman–Crippen MR) is 117 cm³/mol. The fraction of sp³-hybridized carbons (Fsp3) is 0.375. The fourth-order valence-corrected chi connectivity index (χ4v) is 4.35. The summed E-state index contributed by atoms with van der Waals surface area (Å²) in [5.74, 6) is 1.65. The maximum atomic E-state index is 12.5. The van der Waals surface area contributed by atoms with Crippen LogP contribution >= 0.6 is 0 Å². The lowest BCUT2D eigenvalue weighted by Gasteiger charge is -2.30. The first-order chi connectivity index (χ1) is 15.3. The van der Waals surface area contributed by atoms with Gasteiger partial charge in [-0.3, -0.25) is 9.78 Å². The molecule has 1 aliphatic carbocycles. The Morgan fingerprint density at radius 1 is 0.935 bits per heavy atom. The van der Waals surface area contributed by atoms with E-state index >= 15 is 0 Å². The van der Waals surface area contributed by atoms with E-state index in [2.05, 4.69) is 27.5 Å². The molecule has 0 radical (unpaired) electrons. The maximum Gasteiger partial charge on any atom is 0.267 e. The van der Waals surface area contributed by atoms with E-state index in [9.17, 15) is 4.79 Å². The van der Waals surface area contributed by atoms with Crippen LogP contribution < -0.4 is 20.3 Å². The molecule has 0 unspecified atom stereocenters. The summed E-state index contributed by atoms with van der Waals surface area (Å²) < 4.78 is 12.9. The van der Waals surface area contributed by atoms with Gasteiger partial charge in [0, 0.05) is 36.6 Å². The van der Waals surface area contributed by atoms with Crippen molar-refractivity contribution >= 4 is 0 Å². The van der Waals surface area contributed by atoms with Gasteiger partial charge in [0.05, 0.1) is 11.7 Å². The minimum absolute atomic E-state index is 0.0366. The van der Waals surface area contributed by atoms with Gasteiger partial charge in [0.1, 0.15) is 13.2 Å². The van der Waals surface area contributed by atoms with Gasteiger partial charge in [0.2, 0.25) is 0 Å². The first-order valence-corrected chi connectivity index (χ1v) is 10.9. The van der Waals surface area contributed by atoms with Crippen LogP contribution in [0.2, 0.25) is 0 Å². The van der Waals surface area contributed by atoms with Gasteiger partial charge in [-0.05, 0) is 61.6 Å². The highest BCUT2D eigenvalue weighted by Crippen LogP contribution is 2.31. The van der Waals surface area contributed by atoms with E-state index in [0.717, 1.165) is 55.0 Å². The second kappa shape index (κ2) is 8.89. The molecule has 5 rings (SSSR count). The van der Waals surface area contributed by atoms with Gasteiger partial charge in [-0.2, -0.15) is 5.10 Å². The van der Waals surface area contributed by atoms with Gasteiger partial charge < -0.3 is 14.8 Å². The van der Waals surface area contributed by atoms with Crippen molar-refractivity contribution in [3.8, 4) is 22.8 Å². The molecular weight excluding hydrogens is 392 g/mol. The summed E-state index contributed by atoms with van der Waals surface area (Å²) in [5.41, 5.74) is 2.93. The summed E-state index contributed by atoms with van der Waals surface area (Å²) in [6, 6.07) is 13.9. The summed E-state index contributed by atoms with van der Waals surface area (Å²) >= 11 is 0. The highest BCUT2D eigenvalue weighted by molar-refractivity contribution is 5.57. The Morgan fingerprint density at radius 3 is 2.52 bits per heavy atom. The summed E-state index contributed by atoms with van der Waals surface area (Å²) in [4.78, 5) is 16.5. The molecule has 0 saturated heterocycles. The molecule has 160 valence electrons. The van der Waals surface area contributed by atoms with Crippen LogP contribution in [0.15, 0.2) is 59.7 Å². The Balaban J connectivity index is 1.19. The highest BCUT2D eigenvalue weighted by Gasteiger charge is 2.24. The standard InChI is InChI=1S/C24H26N4O3/c29-24-8-6-21(18-9-11-25-12-10-18)27-28(24)20-4-2-19(3-5-20)26-16-17-1-7-22-23(15-17)31-14-13-30-22/h1,6-12,15,19-20,26H,2-5,13-14,16H2. The number of ether oxygens (including phenoxy) is 2. The van der Waals surface area contributed by atoms with Crippen molar-refractivity contribution in [2.24, 2.45) is 0 Å². The summed E-state index contributed by atoms with van der Waals surface area (Å²) in [5, 5.41) is 8.31. The van der Waals surface area contributed by atoms with Gasteiger partial charge >= 0.3 is 0 Å². The quantitative estimate of drug-likeness (QED) is 0.685. The number of hydrogen-bond acceptors (Lipinski definition) is 6. The fourth-order valence-electron chi connectivity index (χ4n) is 4.35. The minimum atomic E-state index is -0.0366. The van der Waals surface area contributed by atoms with Crippen molar-refractivity contribution in [1.82, 2.24) is 20.1 Å². The predicted octanol–water partition coefficient (Wildman–Crippen LogP) is 3.35. The SMILES string of the molecule is O=c1ccc(-c2ccncc2)nn1C1CCC(NCc2ccc3c(c2)OCCO3)CC1. The Labute approximate surface area is 181 Å². The average molecular weight is 418 g/mol. The van der Waals surface area contributed by atoms with E-state index in [0.29, 0.717) is 19.3 Å². The molecule has 3 heterocycles. The molecule has 7 nitrogen and oxygen atoms in total. The van der Waals surface area contributed by atoms with Crippen LogP contribution in [0.25, 0.3) is 11.3 Å². The van der Waals surface area contributed by atoms with Crippen LogP contribution in [0.5, 0.6) is 11.5 Å². The molecule has 1 N–H and O–H groups in total. The molecule has 0 spiro atoms. The van der Waals surface area contributed by atoms with Crippen LogP contribution in [0.3, 0.4) is 0 Å². The number of nitrogens with zero attached hydrogens (tertiary/aromatic N) is 3. The second-order valence-electron chi connectivity index (χ2n) is 8.10. The monoisotopic (exact) mass is 418 g/mol. The zero-order valence-corrected chi connectivity index (χ0v) is 17.4. The van der Waals surface area contributed by atoms with E-state index < -0.39 is 0 Å². The third-order valence-electron chi connectivity index (χ3n) is 6.05. The Morgan fingerprint density at radius 2 is 1.71 bits per heavy atom. The van der Waals surface area contributed by atoms with Gasteiger partial charge in [0.25, 0.3) is 5.56 Å². The van der Waals surface area contributed by atoms with Crippen LogP contribution in [-0.2, 0) is 6.54 Å². The maximum absolute atomic E-state index is 12.5. The molecule has 31 heavy (non-hydrogen) atoms. The zero-order valence-electron chi connectivity index (χ0n) is 17.4. The number of nitrogens with one attached hydrogen (secondary N) is 1. The van der Waals surface area contributed by atoms with E-state index in [1.165, 1.54) is 5.56 Å². The molecule has 0 atom stereocenters. The molecular formula is C24H26N4O3. The number of fused-ring (bicyclic) bond motifs is 1. The van der Waals surface area contributed by atoms with E-state index in [4.69, 9.17) is 9.47 Å². The van der Waals surface area contributed by atoms with Gasteiger partial charge in [0.15, 0.2) is 11.5 Å². The van der Waals surface area contributed by atoms with Crippen LogP contribution in [0.4, 0.5) is 0 Å². The van der Waals surface area contributed by atoms with Gasteiger partial charge in [-0.25, -0.2) is 4.68 Å². The first-order valence-electron chi connectivity index (χ1n) is 10.9. The minimum Gasteiger partial charge on any atom is -0.486 e. The number of rotatable bonds is 5. The molecule has 2 aliphatic rings. The Hall–Kier alpha value is -3.19. The second-order valence-corrected chi connectivity index (χ2v) is 8.10. The van der Waals surface area contributed by atoms with Crippen LogP contribution in [0, 0.1) is 0 Å². The third-order valence-corrected chi connectivity index (χ3v) is 6.05. The Bertz CT molecular complexity index is 1090. The summed E-state index contributed by atoms with van der Waals surface area (Å²) in [6.45, 7) is 2.00. The third kappa shape index (κ3) is 4.46. The lowest BCUT2D eigenvalue weighted by atomic mass is 9.91. The van der Waals surface area contributed by atoms with Crippen molar-refractivity contribution in [2.45, 2.75) is 44.3 Å². The van der Waals surface area contributed by atoms with Crippen molar-refractivity contribution < 1.29 is 9.47 Å². The van der Waals surface area contributed by atoms with Crippen LogP contribution in [0.1, 0.15) is 37.3 Å². The topological polar surface area (TPSA) is 78.3 Å². The molecule has 3 aromatic rings. The van der Waals surface area contributed by atoms with E-state index in [1.807, 2.05) is 18.2 Å². The Kier molecular flexibility index (Phi) is 5.67. The largest absolute Gasteiger partial charge is 0.486 e. The lowest BCUT2D eigenvalue weighted by Crippen LogP contribution is -2.36. The smallest absolute Gasteiger partial charge is 0.267 e. The highest BCUT2D eigenvalue weighted by atomic mass is 16.6. The zero-order chi connectivity index (χ0) is 21.0. The lowest BCUT2D eigenvalue weighted by molar-refractivity contribution is 0.171. The molecule has 7 heteroatoms. The van der Waals surface area contributed by atoms with E-state index in [-0.39, 0.29) is 11.6 Å². The summed E-state index contributed by atoms with van der Waals surface area (Å²) in [7, 11) is 0. The number of hydrogen-bond donors (Lipinski definition) is 1. The molecule has 2 aromatic heterocycles. The van der Waals surface area contributed by atoms with Gasteiger partial charge in [-0.1, -0.05) is 6.07 Å². The number of pyridine rings is 1. The molecule has 0 amide bonds. The van der Waals surface area contributed by atoms with Crippen molar-refractivity contribution in [3.63, 3.8) is 0 Å². The number of aromatic nitrogens is 3. The average Bonchev–Trinajstić information content (AvgIpc) is 2.84. The molecule has 1 saturated carbocycles. The first kappa shape index (κ1) is 19.8. The van der Waals surface area contributed by atoms with Crippen LogP contribution in [-0.4, -0.2) is 34.0 Å². The van der Waals surface area contributed by atoms with Crippen molar-refractivity contribution in [1.29, 1.82) is 0 Å². The van der Waals surface area contributed by atoms with Gasteiger partial charge in [-0.15, -0.1) is 0 Å². The van der Waals surface area contributed by atoms with Crippen molar-refractivity contribution in [3.05, 3.63) is 70.8 Å². The molecule has 1 aliphatic heterocycles. The van der Waals surface area contributed by atoms with E-state index in [1.54, 1.807) is 29.2 Å². The normalized spacial score (nSPS) is 20.4. The molecule has 0 bridgehead atoms. The number of benzene rings is 1. The molecule has 1 aromatic carbocycles.